The summed E-state index contributed by atoms with van der Waals surface area (Å²) in [5.41, 5.74) is 0.766. The number of phenols is 1. The summed E-state index contributed by atoms with van der Waals surface area (Å²) in [6.45, 7) is -0.256. The predicted molar refractivity (Wildman–Crippen MR) is 84.9 cm³/mol. The smallest absolute Gasteiger partial charge is 0.331 e. The molecule has 0 aromatic heterocycles. The van der Waals surface area contributed by atoms with E-state index in [1.54, 1.807) is 12.1 Å². The maximum Gasteiger partial charge on any atom is 0.331 e. The van der Waals surface area contributed by atoms with Crippen molar-refractivity contribution in [3.05, 3.63) is 64.4 Å². The third kappa shape index (κ3) is 4.47. The van der Waals surface area contributed by atoms with Gasteiger partial charge in [-0.1, -0.05) is 23.7 Å². The van der Waals surface area contributed by atoms with Crippen molar-refractivity contribution in [2.45, 2.75) is 6.61 Å². The first kappa shape index (κ1) is 16.8. The molecule has 0 aliphatic rings. The van der Waals surface area contributed by atoms with Crippen LogP contribution in [0, 0.1) is 5.82 Å². The van der Waals surface area contributed by atoms with Gasteiger partial charge in [-0.2, -0.15) is 0 Å². The molecule has 1 N–H and O–H groups in total. The van der Waals surface area contributed by atoms with E-state index in [0.717, 1.165) is 0 Å². The largest absolute Gasteiger partial charge is 0.504 e. The van der Waals surface area contributed by atoms with E-state index in [4.69, 9.17) is 21.1 Å². The molecule has 0 radical (unpaired) electrons. The summed E-state index contributed by atoms with van der Waals surface area (Å²) in [5.74, 6) is -0.881. The van der Waals surface area contributed by atoms with Gasteiger partial charge in [0.15, 0.2) is 11.5 Å². The monoisotopic (exact) mass is 336 g/mol. The number of esters is 1. The molecular weight excluding hydrogens is 323 g/mol. The first-order valence-corrected chi connectivity index (χ1v) is 7.04. The molecule has 0 amide bonds. The van der Waals surface area contributed by atoms with E-state index in [1.165, 1.54) is 43.5 Å². The van der Waals surface area contributed by atoms with E-state index < -0.39 is 11.8 Å². The number of benzene rings is 2. The number of ether oxygens (including phenoxy) is 2. The van der Waals surface area contributed by atoms with E-state index in [1.807, 2.05) is 0 Å². The lowest BCUT2D eigenvalue weighted by Gasteiger charge is -2.06. The van der Waals surface area contributed by atoms with Crippen LogP contribution in [0.2, 0.25) is 5.02 Å². The zero-order chi connectivity index (χ0) is 16.8. The van der Waals surface area contributed by atoms with Gasteiger partial charge >= 0.3 is 5.97 Å². The van der Waals surface area contributed by atoms with Crippen LogP contribution in [-0.2, 0) is 16.1 Å². The Morgan fingerprint density at radius 3 is 2.83 bits per heavy atom. The van der Waals surface area contributed by atoms with Crippen LogP contribution in [0.4, 0.5) is 4.39 Å². The van der Waals surface area contributed by atoms with Crippen molar-refractivity contribution in [2.24, 2.45) is 0 Å². The van der Waals surface area contributed by atoms with Crippen LogP contribution in [-0.4, -0.2) is 18.2 Å². The number of hydrogen-bond acceptors (Lipinski definition) is 4. The van der Waals surface area contributed by atoms with Gasteiger partial charge < -0.3 is 14.6 Å². The molecule has 0 aliphatic heterocycles. The van der Waals surface area contributed by atoms with Crippen molar-refractivity contribution in [2.75, 3.05) is 7.11 Å². The Hall–Kier alpha value is -2.53. The summed E-state index contributed by atoms with van der Waals surface area (Å²) in [7, 11) is 1.43. The van der Waals surface area contributed by atoms with Gasteiger partial charge in [0.05, 0.1) is 12.1 Å². The Bertz CT molecular complexity index is 723. The van der Waals surface area contributed by atoms with E-state index in [9.17, 15) is 14.3 Å². The first-order chi connectivity index (χ1) is 11.0. The van der Waals surface area contributed by atoms with E-state index in [-0.39, 0.29) is 22.9 Å². The Kier molecular flexibility index (Phi) is 5.60. The Labute approximate surface area is 137 Å². The van der Waals surface area contributed by atoms with Gasteiger partial charge in [-0.3, -0.25) is 0 Å². The van der Waals surface area contributed by atoms with Gasteiger partial charge in [-0.15, -0.1) is 0 Å². The van der Waals surface area contributed by atoms with Crippen molar-refractivity contribution >= 4 is 23.6 Å². The molecule has 0 unspecified atom stereocenters. The number of rotatable bonds is 5. The van der Waals surface area contributed by atoms with Crippen LogP contribution in [0.3, 0.4) is 0 Å². The van der Waals surface area contributed by atoms with Gasteiger partial charge in [0.25, 0.3) is 0 Å². The molecule has 0 bridgehead atoms. The highest BCUT2D eigenvalue weighted by molar-refractivity contribution is 6.31. The van der Waals surface area contributed by atoms with Crippen LogP contribution in [0.25, 0.3) is 6.08 Å². The van der Waals surface area contributed by atoms with Crippen LogP contribution in [0.15, 0.2) is 42.5 Å². The van der Waals surface area contributed by atoms with Crippen LogP contribution in [0.5, 0.6) is 11.5 Å². The highest BCUT2D eigenvalue weighted by Gasteiger charge is 2.09. The normalized spacial score (nSPS) is 10.7. The van der Waals surface area contributed by atoms with Crippen LogP contribution < -0.4 is 4.74 Å². The van der Waals surface area contributed by atoms with Crippen molar-refractivity contribution in [1.82, 2.24) is 0 Å². The number of methoxy groups -OCH3 is 1. The maximum atomic E-state index is 13.5. The second kappa shape index (κ2) is 7.65. The minimum absolute atomic E-state index is 0.00132. The third-order valence-electron chi connectivity index (χ3n) is 3.04. The van der Waals surface area contributed by atoms with Crippen molar-refractivity contribution in [3.8, 4) is 11.5 Å². The lowest BCUT2D eigenvalue weighted by Crippen LogP contribution is -2.03. The number of phenolic OH excluding ortho intramolecular Hbond substituents is 1. The highest BCUT2D eigenvalue weighted by Crippen LogP contribution is 2.26. The molecule has 4 nitrogen and oxygen atoms in total. The molecular formula is C17H14ClFO4. The molecule has 0 atom stereocenters. The van der Waals surface area contributed by atoms with Crippen molar-refractivity contribution < 1.29 is 23.8 Å². The molecule has 2 rings (SSSR count). The zero-order valence-corrected chi connectivity index (χ0v) is 13.0. The van der Waals surface area contributed by atoms with Crippen molar-refractivity contribution in [1.29, 1.82) is 0 Å². The predicted octanol–water partition coefficient (Wildman–Crippen LogP) is 3.95. The topological polar surface area (TPSA) is 55.8 Å². The SMILES string of the molecule is COc1cc(/C=C/C(=O)OCc2c(F)cccc2Cl)ccc1O. The molecule has 6 heteroatoms. The number of halogens is 2. The summed E-state index contributed by atoms with van der Waals surface area (Å²) in [6, 6.07) is 8.85. The summed E-state index contributed by atoms with van der Waals surface area (Å²) < 4.78 is 23.5. The van der Waals surface area contributed by atoms with Crippen molar-refractivity contribution in [3.63, 3.8) is 0 Å². The fourth-order valence-corrected chi connectivity index (χ4v) is 2.04. The minimum Gasteiger partial charge on any atom is -0.504 e. The lowest BCUT2D eigenvalue weighted by atomic mass is 10.2. The Morgan fingerprint density at radius 2 is 2.13 bits per heavy atom. The average molecular weight is 337 g/mol. The molecule has 0 fully saturated rings. The quantitative estimate of drug-likeness (QED) is 0.663. The zero-order valence-electron chi connectivity index (χ0n) is 12.3. The number of carbonyl (C=O) groups is 1. The summed E-state index contributed by atoms with van der Waals surface area (Å²) in [5, 5.41) is 9.69. The second-order valence-electron chi connectivity index (χ2n) is 4.57. The van der Waals surface area contributed by atoms with Crippen LogP contribution >= 0.6 is 11.6 Å². The summed E-state index contributed by atoms with van der Waals surface area (Å²) >= 11 is 5.85. The Balaban J connectivity index is 1.99. The maximum absolute atomic E-state index is 13.5. The molecule has 0 saturated heterocycles. The number of hydrogen-bond donors (Lipinski definition) is 1. The van der Waals surface area contributed by atoms with Crippen LogP contribution in [0.1, 0.15) is 11.1 Å². The fourth-order valence-electron chi connectivity index (χ4n) is 1.82. The van der Waals surface area contributed by atoms with Gasteiger partial charge in [0.2, 0.25) is 0 Å². The molecule has 0 aliphatic carbocycles. The lowest BCUT2D eigenvalue weighted by molar-refractivity contribution is -0.138. The molecule has 0 spiro atoms. The molecule has 0 saturated carbocycles. The molecule has 0 heterocycles. The van der Waals surface area contributed by atoms with E-state index in [2.05, 4.69) is 0 Å². The number of carbonyl (C=O) groups excluding carboxylic acids is 1. The molecule has 23 heavy (non-hydrogen) atoms. The molecule has 120 valence electrons. The standard InChI is InChI=1S/C17H14ClFO4/c1-22-16-9-11(5-7-15(16)20)6-8-17(21)23-10-12-13(18)3-2-4-14(12)19/h2-9,20H,10H2,1H3/b8-6+. The average Bonchev–Trinajstić information content (AvgIpc) is 2.53. The van der Waals surface area contributed by atoms with E-state index in [0.29, 0.717) is 11.3 Å². The van der Waals surface area contributed by atoms with Gasteiger partial charge in [0.1, 0.15) is 12.4 Å². The first-order valence-electron chi connectivity index (χ1n) is 6.66. The van der Waals surface area contributed by atoms with E-state index >= 15 is 0 Å². The van der Waals surface area contributed by atoms with Gasteiger partial charge in [0, 0.05) is 11.6 Å². The van der Waals surface area contributed by atoms with Gasteiger partial charge in [-0.05, 0) is 35.9 Å². The molecule has 2 aromatic carbocycles. The summed E-state index contributed by atoms with van der Waals surface area (Å²) in [4.78, 5) is 11.7. The second-order valence-corrected chi connectivity index (χ2v) is 4.98. The minimum atomic E-state index is -0.642. The van der Waals surface area contributed by atoms with Gasteiger partial charge in [-0.25, -0.2) is 9.18 Å². The molecule has 2 aromatic rings. The fraction of sp³-hybridized carbons (Fsp3) is 0.118. The summed E-state index contributed by atoms with van der Waals surface area (Å²) in [6.07, 6.45) is 2.69. The Morgan fingerprint density at radius 1 is 1.35 bits per heavy atom. The highest BCUT2D eigenvalue weighted by atomic mass is 35.5. The number of aromatic hydroxyl groups is 1. The third-order valence-corrected chi connectivity index (χ3v) is 3.39.